The zero-order chi connectivity index (χ0) is 10.8. The lowest BCUT2D eigenvalue weighted by Gasteiger charge is -2.01. The molecule has 2 aromatic rings. The predicted octanol–water partition coefficient (Wildman–Crippen LogP) is 2.44. The fourth-order valence-electron chi connectivity index (χ4n) is 1.64. The Hall–Kier alpha value is -2.21. The Morgan fingerprint density at radius 3 is 2.53 bits per heavy atom. The van der Waals surface area contributed by atoms with E-state index in [4.69, 9.17) is 11.0 Å². The average Bonchev–Trinajstić information content (AvgIpc) is 2.61. The molecule has 0 saturated heterocycles. The van der Waals surface area contributed by atoms with Gasteiger partial charge in [-0.2, -0.15) is 5.26 Å². The first-order chi connectivity index (χ1) is 7.22. The number of nitriles is 1. The summed E-state index contributed by atoms with van der Waals surface area (Å²) in [5.41, 5.74) is 9.97. The first-order valence-electron chi connectivity index (χ1n) is 4.66. The van der Waals surface area contributed by atoms with Crippen LogP contribution in [0.5, 0.6) is 0 Å². The van der Waals surface area contributed by atoms with E-state index in [0.29, 0.717) is 5.56 Å². The molecule has 1 heterocycles. The van der Waals surface area contributed by atoms with Gasteiger partial charge in [0.05, 0.1) is 5.56 Å². The number of nitrogens with one attached hydrogen (secondary N) is 1. The van der Waals surface area contributed by atoms with E-state index in [9.17, 15) is 0 Å². The molecule has 15 heavy (non-hydrogen) atoms. The molecule has 74 valence electrons. The van der Waals surface area contributed by atoms with Crippen molar-refractivity contribution in [3.05, 3.63) is 41.7 Å². The van der Waals surface area contributed by atoms with E-state index >= 15 is 0 Å². The van der Waals surface area contributed by atoms with Crippen molar-refractivity contribution in [2.75, 3.05) is 5.73 Å². The van der Waals surface area contributed by atoms with Gasteiger partial charge in [0.15, 0.2) is 0 Å². The van der Waals surface area contributed by atoms with Crippen molar-refractivity contribution >= 4 is 5.69 Å². The maximum atomic E-state index is 8.95. The molecule has 0 saturated carbocycles. The van der Waals surface area contributed by atoms with Crippen LogP contribution in [0, 0.1) is 18.3 Å². The van der Waals surface area contributed by atoms with Gasteiger partial charge in [-0.05, 0) is 24.6 Å². The molecule has 1 aromatic carbocycles. The van der Waals surface area contributed by atoms with Crippen molar-refractivity contribution in [2.45, 2.75) is 6.92 Å². The van der Waals surface area contributed by atoms with Gasteiger partial charge in [-0.1, -0.05) is 12.1 Å². The number of aromatic amines is 1. The predicted molar refractivity (Wildman–Crippen MR) is 60.1 cm³/mol. The van der Waals surface area contributed by atoms with Crippen LogP contribution in [0.1, 0.15) is 11.3 Å². The van der Waals surface area contributed by atoms with Gasteiger partial charge >= 0.3 is 0 Å². The summed E-state index contributed by atoms with van der Waals surface area (Å²) in [4.78, 5) is 3.05. The van der Waals surface area contributed by atoms with Crippen molar-refractivity contribution in [2.24, 2.45) is 0 Å². The number of nitrogens with two attached hydrogens (primary N) is 1. The first-order valence-corrected chi connectivity index (χ1v) is 4.66. The molecule has 0 bridgehead atoms. The Morgan fingerprint density at radius 2 is 1.93 bits per heavy atom. The zero-order valence-electron chi connectivity index (χ0n) is 8.41. The lowest BCUT2D eigenvalue weighted by molar-refractivity contribution is 1.27. The maximum Gasteiger partial charge on any atom is 0.101 e. The second-order valence-corrected chi connectivity index (χ2v) is 3.44. The van der Waals surface area contributed by atoms with Crippen LogP contribution in [0.3, 0.4) is 0 Å². The molecule has 3 N–H and O–H groups in total. The summed E-state index contributed by atoms with van der Waals surface area (Å²) in [5.74, 6) is 0. The van der Waals surface area contributed by atoms with E-state index in [-0.39, 0.29) is 0 Å². The Bertz CT molecular complexity index is 515. The van der Waals surface area contributed by atoms with Gasteiger partial charge in [0.2, 0.25) is 0 Å². The van der Waals surface area contributed by atoms with Crippen LogP contribution in [-0.4, -0.2) is 4.98 Å². The number of rotatable bonds is 1. The monoisotopic (exact) mass is 197 g/mol. The number of anilines is 1. The highest BCUT2D eigenvalue weighted by atomic mass is 14.7. The van der Waals surface area contributed by atoms with Crippen LogP contribution >= 0.6 is 0 Å². The number of aryl methyl sites for hydroxylation is 1. The molecular weight excluding hydrogens is 186 g/mol. The molecular formula is C12H11N3. The fourth-order valence-corrected chi connectivity index (χ4v) is 1.64. The summed E-state index contributed by atoms with van der Waals surface area (Å²) in [6, 6.07) is 9.69. The van der Waals surface area contributed by atoms with Crippen LogP contribution in [0.25, 0.3) is 11.1 Å². The summed E-state index contributed by atoms with van der Waals surface area (Å²) >= 11 is 0. The van der Waals surface area contributed by atoms with E-state index in [1.807, 2.05) is 31.2 Å². The molecule has 0 spiro atoms. The lowest BCUT2D eigenvalue weighted by atomic mass is 10.0. The Morgan fingerprint density at radius 1 is 1.27 bits per heavy atom. The SMILES string of the molecule is Cc1[nH]cc(C#N)c1-c1ccc(N)cc1. The largest absolute Gasteiger partial charge is 0.399 e. The van der Waals surface area contributed by atoms with Crippen LogP contribution in [0.2, 0.25) is 0 Å². The minimum atomic E-state index is 0.664. The van der Waals surface area contributed by atoms with E-state index in [1.54, 1.807) is 6.20 Å². The highest BCUT2D eigenvalue weighted by Gasteiger charge is 2.09. The molecule has 0 radical (unpaired) electrons. The molecule has 3 heteroatoms. The van der Waals surface area contributed by atoms with Crippen molar-refractivity contribution in [1.82, 2.24) is 4.98 Å². The molecule has 0 aliphatic carbocycles. The third kappa shape index (κ3) is 1.57. The van der Waals surface area contributed by atoms with Crippen molar-refractivity contribution in [3.63, 3.8) is 0 Å². The maximum absolute atomic E-state index is 8.95. The number of benzene rings is 1. The van der Waals surface area contributed by atoms with E-state index in [1.165, 1.54) is 0 Å². The molecule has 0 amide bonds. The van der Waals surface area contributed by atoms with Gasteiger partial charge in [-0.3, -0.25) is 0 Å². The number of aromatic nitrogens is 1. The summed E-state index contributed by atoms with van der Waals surface area (Å²) in [6.07, 6.45) is 1.72. The molecule has 0 aliphatic rings. The third-order valence-corrected chi connectivity index (χ3v) is 2.40. The van der Waals surface area contributed by atoms with Crippen molar-refractivity contribution in [1.29, 1.82) is 5.26 Å². The van der Waals surface area contributed by atoms with E-state index < -0.39 is 0 Å². The number of nitrogens with zero attached hydrogens (tertiary/aromatic N) is 1. The Kier molecular flexibility index (Phi) is 2.18. The second kappa shape index (κ2) is 3.50. The van der Waals surface area contributed by atoms with Gasteiger partial charge in [0, 0.05) is 23.1 Å². The normalized spacial score (nSPS) is 9.87. The highest BCUT2D eigenvalue weighted by molar-refractivity contribution is 5.73. The van der Waals surface area contributed by atoms with Crippen LogP contribution in [-0.2, 0) is 0 Å². The number of nitrogen functional groups attached to an aromatic ring is 1. The standard InChI is InChI=1S/C12H11N3/c1-8-12(10(6-13)7-15-8)9-2-4-11(14)5-3-9/h2-5,7,15H,14H2,1H3. The fraction of sp³-hybridized carbons (Fsp3) is 0.0833. The molecule has 2 rings (SSSR count). The van der Waals surface area contributed by atoms with Gasteiger partial charge in [-0.25, -0.2) is 0 Å². The van der Waals surface area contributed by atoms with Crippen LogP contribution in [0.4, 0.5) is 5.69 Å². The summed E-state index contributed by atoms with van der Waals surface area (Å²) in [5, 5.41) is 8.95. The smallest absolute Gasteiger partial charge is 0.101 e. The average molecular weight is 197 g/mol. The molecule has 0 fully saturated rings. The Balaban J connectivity index is 2.59. The van der Waals surface area contributed by atoms with Crippen LogP contribution in [0.15, 0.2) is 30.5 Å². The topological polar surface area (TPSA) is 65.6 Å². The number of hydrogen-bond acceptors (Lipinski definition) is 2. The van der Waals surface area contributed by atoms with Gasteiger partial charge in [-0.15, -0.1) is 0 Å². The minimum Gasteiger partial charge on any atom is -0.399 e. The molecule has 0 aliphatic heterocycles. The summed E-state index contributed by atoms with van der Waals surface area (Å²) in [7, 11) is 0. The van der Waals surface area contributed by atoms with Crippen molar-refractivity contribution in [3.8, 4) is 17.2 Å². The number of hydrogen-bond donors (Lipinski definition) is 2. The quantitative estimate of drug-likeness (QED) is 0.689. The molecule has 1 aromatic heterocycles. The van der Waals surface area contributed by atoms with Gasteiger partial charge < -0.3 is 10.7 Å². The van der Waals surface area contributed by atoms with E-state index in [2.05, 4.69) is 11.1 Å². The van der Waals surface area contributed by atoms with Crippen molar-refractivity contribution < 1.29 is 0 Å². The molecule has 0 unspecified atom stereocenters. The van der Waals surface area contributed by atoms with E-state index in [0.717, 1.165) is 22.5 Å². The number of H-pyrrole nitrogens is 1. The van der Waals surface area contributed by atoms with Gasteiger partial charge in [0.25, 0.3) is 0 Å². The first kappa shape index (κ1) is 9.35. The third-order valence-electron chi connectivity index (χ3n) is 2.40. The summed E-state index contributed by atoms with van der Waals surface area (Å²) < 4.78 is 0. The van der Waals surface area contributed by atoms with Crippen LogP contribution < -0.4 is 5.73 Å². The lowest BCUT2D eigenvalue weighted by Crippen LogP contribution is -1.85. The molecule has 0 atom stereocenters. The summed E-state index contributed by atoms with van der Waals surface area (Å²) in [6.45, 7) is 1.95. The highest BCUT2D eigenvalue weighted by Crippen LogP contribution is 2.27. The minimum absolute atomic E-state index is 0.664. The molecule has 3 nitrogen and oxygen atoms in total. The Labute approximate surface area is 88.2 Å². The zero-order valence-corrected chi connectivity index (χ0v) is 8.41. The van der Waals surface area contributed by atoms with Gasteiger partial charge in [0.1, 0.15) is 6.07 Å². The second-order valence-electron chi connectivity index (χ2n) is 3.44.